The normalized spacial score (nSPS) is 16.7. The first-order valence-corrected chi connectivity index (χ1v) is 7.00. The van der Waals surface area contributed by atoms with Gasteiger partial charge >= 0.3 is 5.97 Å². The van der Waals surface area contributed by atoms with Crippen LogP contribution in [-0.2, 0) is 4.79 Å². The van der Waals surface area contributed by atoms with Crippen molar-refractivity contribution < 1.29 is 19.4 Å². The molecule has 1 aliphatic rings. The first-order chi connectivity index (χ1) is 10.3. The minimum atomic E-state index is -0.953. The summed E-state index contributed by atoms with van der Waals surface area (Å²) in [6, 6.07) is 5.67. The van der Waals surface area contributed by atoms with Crippen LogP contribution in [0.3, 0.4) is 0 Å². The highest BCUT2D eigenvalue weighted by molar-refractivity contribution is 5.81. The summed E-state index contributed by atoms with van der Waals surface area (Å²) in [7, 11) is 1.62. The quantitative estimate of drug-likeness (QED) is 0.678. The third-order valence-electron chi connectivity index (χ3n) is 3.47. The number of hydrogen-bond donors (Lipinski definition) is 1. The number of benzene rings is 1. The average molecular weight is 300 g/mol. The van der Waals surface area contributed by atoms with Gasteiger partial charge in [-0.2, -0.15) is 0 Å². The number of aliphatic carboxylic acids is 1. The number of methoxy groups -OCH3 is 1. The van der Waals surface area contributed by atoms with Crippen LogP contribution in [0.4, 0.5) is 0 Å². The zero-order valence-corrected chi connectivity index (χ0v) is 13.2. The molecule has 1 N–H and O–H groups in total. The van der Waals surface area contributed by atoms with Gasteiger partial charge in [0.15, 0.2) is 0 Å². The monoisotopic (exact) mass is 300 g/mol. The second-order valence-electron chi connectivity index (χ2n) is 5.68. The Kier molecular flexibility index (Phi) is 4.40. The molecule has 0 saturated carbocycles. The highest BCUT2D eigenvalue weighted by Crippen LogP contribution is 2.37. The third kappa shape index (κ3) is 3.58. The average Bonchev–Trinajstić information content (AvgIpc) is 2.43. The summed E-state index contributed by atoms with van der Waals surface area (Å²) in [5.74, 6) is 0.620. The van der Waals surface area contributed by atoms with Crippen LogP contribution >= 0.6 is 0 Å². The fourth-order valence-electron chi connectivity index (χ4n) is 2.25. The van der Waals surface area contributed by atoms with Gasteiger partial charge in [-0.25, -0.2) is 4.79 Å². The number of carboxylic acids is 1. The minimum Gasteiger partial charge on any atom is -0.497 e. The Bertz CT molecular complexity index is 678. The number of allylic oxidation sites excluding steroid dienone is 2. The number of fused-ring (bicyclic) bond motifs is 1. The summed E-state index contributed by atoms with van der Waals surface area (Å²) in [6.45, 7) is 5.71. The predicted octanol–water partition coefficient (Wildman–Crippen LogP) is 3.84. The molecular formula is C18H20O4. The van der Waals surface area contributed by atoms with E-state index in [9.17, 15) is 4.79 Å². The fraction of sp³-hybridized carbons (Fsp3) is 0.278. The van der Waals surface area contributed by atoms with Gasteiger partial charge in [-0.1, -0.05) is 12.2 Å². The molecule has 22 heavy (non-hydrogen) atoms. The summed E-state index contributed by atoms with van der Waals surface area (Å²) < 4.78 is 11.3. The number of rotatable bonds is 4. The lowest BCUT2D eigenvalue weighted by Gasteiger charge is -2.32. The molecule has 0 saturated heterocycles. The van der Waals surface area contributed by atoms with Gasteiger partial charge in [0, 0.05) is 11.6 Å². The van der Waals surface area contributed by atoms with Crippen LogP contribution in [0.1, 0.15) is 26.3 Å². The lowest BCUT2D eigenvalue weighted by molar-refractivity contribution is -0.131. The van der Waals surface area contributed by atoms with Crippen molar-refractivity contribution in [3.05, 3.63) is 53.1 Å². The predicted molar refractivity (Wildman–Crippen MR) is 86.2 cm³/mol. The molecular weight excluding hydrogens is 280 g/mol. The lowest BCUT2D eigenvalue weighted by atomic mass is 9.91. The standard InChI is InChI=1S/C18H20O4/c1-12(9-17(19)20)5-6-14-10-13-11-15(21-4)7-8-16(13)22-18(14,2)3/h5-11H,1-4H3,(H,19,20)/b6-5+,12-9+. The molecule has 1 aromatic rings. The van der Waals surface area contributed by atoms with Crippen molar-refractivity contribution >= 4 is 12.0 Å². The lowest BCUT2D eigenvalue weighted by Crippen LogP contribution is -2.32. The van der Waals surface area contributed by atoms with E-state index in [4.69, 9.17) is 14.6 Å². The summed E-state index contributed by atoms with van der Waals surface area (Å²) in [5, 5.41) is 8.75. The van der Waals surface area contributed by atoms with Gasteiger partial charge in [0.05, 0.1) is 7.11 Å². The van der Waals surface area contributed by atoms with Gasteiger partial charge in [-0.05, 0) is 56.2 Å². The molecule has 0 fully saturated rings. The van der Waals surface area contributed by atoms with Crippen molar-refractivity contribution in [1.29, 1.82) is 0 Å². The first kappa shape index (κ1) is 15.9. The molecule has 1 heterocycles. The van der Waals surface area contributed by atoms with Crippen LogP contribution in [0.5, 0.6) is 11.5 Å². The van der Waals surface area contributed by atoms with Crippen LogP contribution in [0, 0.1) is 0 Å². The highest BCUT2D eigenvalue weighted by atomic mass is 16.5. The number of hydrogen-bond acceptors (Lipinski definition) is 3. The SMILES string of the molecule is COc1ccc2c(c1)C=C(/C=C/C(C)=C/C(=O)O)C(C)(C)O2. The summed E-state index contributed by atoms with van der Waals surface area (Å²) >= 11 is 0. The molecule has 0 unspecified atom stereocenters. The summed E-state index contributed by atoms with van der Waals surface area (Å²) in [5.41, 5.74) is 2.09. The number of ether oxygens (including phenoxy) is 2. The van der Waals surface area contributed by atoms with E-state index in [0.717, 1.165) is 22.6 Å². The van der Waals surface area contributed by atoms with E-state index in [-0.39, 0.29) is 0 Å². The van der Waals surface area contributed by atoms with Gasteiger partial charge in [0.2, 0.25) is 0 Å². The van der Waals surface area contributed by atoms with E-state index in [1.165, 1.54) is 6.08 Å². The fourth-order valence-corrected chi connectivity index (χ4v) is 2.25. The van der Waals surface area contributed by atoms with Crippen molar-refractivity contribution in [1.82, 2.24) is 0 Å². The molecule has 4 heteroatoms. The van der Waals surface area contributed by atoms with Crippen molar-refractivity contribution in [2.45, 2.75) is 26.4 Å². The molecule has 0 radical (unpaired) electrons. The van der Waals surface area contributed by atoms with Crippen molar-refractivity contribution in [2.24, 2.45) is 0 Å². The van der Waals surface area contributed by atoms with Crippen LogP contribution in [0.2, 0.25) is 0 Å². The molecule has 0 amide bonds. The van der Waals surface area contributed by atoms with Gasteiger partial charge in [-0.3, -0.25) is 0 Å². The number of carbonyl (C=O) groups is 1. The van der Waals surface area contributed by atoms with Crippen LogP contribution in [-0.4, -0.2) is 23.8 Å². The molecule has 116 valence electrons. The maximum atomic E-state index is 10.7. The van der Waals surface area contributed by atoms with Crippen LogP contribution in [0.25, 0.3) is 6.08 Å². The Labute approximate surface area is 130 Å². The Morgan fingerprint density at radius 1 is 1.36 bits per heavy atom. The molecule has 0 aromatic heterocycles. The molecule has 0 aliphatic carbocycles. The van der Waals surface area contributed by atoms with E-state index in [2.05, 4.69) is 0 Å². The molecule has 0 atom stereocenters. The largest absolute Gasteiger partial charge is 0.497 e. The molecule has 1 aliphatic heterocycles. The molecule has 4 nitrogen and oxygen atoms in total. The molecule has 0 spiro atoms. The minimum absolute atomic E-state index is 0.485. The second-order valence-corrected chi connectivity index (χ2v) is 5.68. The molecule has 2 rings (SSSR count). The second kappa shape index (κ2) is 6.10. The van der Waals surface area contributed by atoms with Crippen molar-refractivity contribution in [2.75, 3.05) is 7.11 Å². The van der Waals surface area contributed by atoms with E-state index >= 15 is 0 Å². The Morgan fingerprint density at radius 3 is 2.73 bits per heavy atom. The van der Waals surface area contributed by atoms with Crippen LogP contribution < -0.4 is 9.47 Å². The van der Waals surface area contributed by atoms with Gasteiger partial charge < -0.3 is 14.6 Å². The van der Waals surface area contributed by atoms with E-state index < -0.39 is 11.6 Å². The van der Waals surface area contributed by atoms with Crippen molar-refractivity contribution in [3.63, 3.8) is 0 Å². The third-order valence-corrected chi connectivity index (χ3v) is 3.47. The Balaban J connectivity index is 2.38. The Morgan fingerprint density at radius 2 is 2.09 bits per heavy atom. The van der Waals surface area contributed by atoms with Gasteiger partial charge in [0.1, 0.15) is 17.1 Å². The topological polar surface area (TPSA) is 55.8 Å². The zero-order valence-electron chi connectivity index (χ0n) is 13.2. The number of carboxylic acid groups (broad SMARTS) is 1. The van der Waals surface area contributed by atoms with Gasteiger partial charge in [-0.15, -0.1) is 0 Å². The Hall–Kier alpha value is -2.49. The van der Waals surface area contributed by atoms with E-state index in [1.54, 1.807) is 20.1 Å². The summed E-state index contributed by atoms with van der Waals surface area (Å²) in [6.07, 6.45) is 6.87. The first-order valence-electron chi connectivity index (χ1n) is 7.00. The molecule has 0 bridgehead atoms. The van der Waals surface area contributed by atoms with E-state index in [0.29, 0.717) is 5.57 Å². The highest BCUT2D eigenvalue weighted by Gasteiger charge is 2.28. The summed E-state index contributed by atoms with van der Waals surface area (Å²) in [4.78, 5) is 10.7. The smallest absolute Gasteiger partial charge is 0.328 e. The van der Waals surface area contributed by atoms with Crippen LogP contribution in [0.15, 0.2) is 47.6 Å². The zero-order chi connectivity index (χ0) is 16.3. The molecule has 1 aromatic carbocycles. The van der Waals surface area contributed by atoms with E-state index in [1.807, 2.05) is 44.2 Å². The maximum Gasteiger partial charge on any atom is 0.328 e. The maximum absolute atomic E-state index is 10.7. The van der Waals surface area contributed by atoms with Gasteiger partial charge in [0.25, 0.3) is 0 Å². The van der Waals surface area contributed by atoms with Crippen molar-refractivity contribution in [3.8, 4) is 11.5 Å².